The molecule has 0 unspecified atom stereocenters. The van der Waals surface area contributed by atoms with Crippen LogP contribution >= 0.6 is 0 Å². The van der Waals surface area contributed by atoms with Crippen molar-refractivity contribution in [3.63, 3.8) is 0 Å². The van der Waals surface area contributed by atoms with Gasteiger partial charge in [-0.15, -0.1) is 0 Å². The van der Waals surface area contributed by atoms with Gasteiger partial charge in [-0.05, 0) is 37.5 Å². The third-order valence-electron chi connectivity index (χ3n) is 4.53. The number of rotatable bonds is 4. The van der Waals surface area contributed by atoms with E-state index in [9.17, 15) is 4.79 Å². The maximum atomic E-state index is 12.2. The van der Waals surface area contributed by atoms with Gasteiger partial charge in [0.15, 0.2) is 5.76 Å². The highest BCUT2D eigenvalue weighted by atomic mass is 16.3. The van der Waals surface area contributed by atoms with Crippen molar-refractivity contribution in [3.05, 3.63) is 59.2 Å². The van der Waals surface area contributed by atoms with Crippen LogP contribution in [0.2, 0.25) is 0 Å². The van der Waals surface area contributed by atoms with Crippen molar-refractivity contribution in [3.8, 4) is 0 Å². The van der Waals surface area contributed by atoms with Crippen molar-refractivity contribution >= 4 is 23.1 Å². The molecule has 5 heteroatoms. The molecule has 2 aromatic heterocycles. The summed E-state index contributed by atoms with van der Waals surface area (Å²) in [7, 11) is 0. The number of benzene rings is 1. The highest BCUT2D eigenvalue weighted by Gasteiger charge is 2.36. The first-order valence-corrected chi connectivity index (χ1v) is 8.04. The summed E-state index contributed by atoms with van der Waals surface area (Å²) in [6.07, 6.45) is 2.68. The molecule has 0 radical (unpaired) electrons. The summed E-state index contributed by atoms with van der Waals surface area (Å²) in [5.74, 6) is 2.74. The second kappa shape index (κ2) is 5.67. The van der Waals surface area contributed by atoms with Gasteiger partial charge in [0.05, 0.1) is 6.21 Å². The lowest BCUT2D eigenvalue weighted by Gasteiger charge is -1.96. The van der Waals surface area contributed by atoms with Gasteiger partial charge in [-0.2, -0.15) is 5.10 Å². The Morgan fingerprint density at radius 1 is 1.25 bits per heavy atom. The number of para-hydroxylation sites is 1. The number of hydrazone groups is 1. The fraction of sp³-hybridized carbons (Fsp3) is 0.263. The minimum atomic E-state index is -0.373. The van der Waals surface area contributed by atoms with Gasteiger partial charge in [-0.3, -0.25) is 4.79 Å². The fourth-order valence-electron chi connectivity index (χ4n) is 2.95. The molecule has 4 rings (SSSR count). The Labute approximate surface area is 139 Å². The molecule has 1 aromatic carbocycles. The highest BCUT2D eigenvalue weighted by molar-refractivity contribution is 5.99. The Bertz CT molecular complexity index is 935. The number of carbonyl (C=O) groups is 1. The Hall–Kier alpha value is -2.82. The van der Waals surface area contributed by atoms with Gasteiger partial charge < -0.3 is 8.83 Å². The summed E-state index contributed by atoms with van der Waals surface area (Å²) >= 11 is 0. The monoisotopic (exact) mass is 322 g/mol. The lowest BCUT2D eigenvalue weighted by molar-refractivity contribution is 0.0929. The van der Waals surface area contributed by atoms with Crippen LogP contribution in [0.1, 0.15) is 46.9 Å². The van der Waals surface area contributed by atoms with Crippen LogP contribution in [-0.4, -0.2) is 12.1 Å². The van der Waals surface area contributed by atoms with E-state index in [1.165, 1.54) is 12.6 Å². The number of hydrogen-bond donors (Lipinski definition) is 1. The van der Waals surface area contributed by atoms with Gasteiger partial charge in [0.2, 0.25) is 0 Å². The van der Waals surface area contributed by atoms with Gasteiger partial charge in [0.1, 0.15) is 17.1 Å². The molecule has 1 fully saturated rings. The third kappa shape index (κ3) is 2.62. The van der Waals surface area contributed by atoms with Crippen molar-refractivity contribution < 1.29 is 13.6 Å². The average molecular weight is 322 g/mol. The molecule has 1 aliphatic rings. The molecule has 1 N–H and O–H groups in total. The lowest BCUT2D eigenvalue weighted by atomic mass is 10.1. The molecule has 0 saturated heterocycles. The lowest BCUT2D eigenvalue weighted by Crippen LogP contribution is -2.17. The number of nitrogens with one attached hydrogen (secondary N) is 1. The molecule has 0 aliphatic heterocycles. The van der Waals surface area contributed by atoms with Crippen molar-refractivity contribution in [2.75, 3.05) is 0 Å². The second-order valence-electron chi connectivity index (χ2n) is 6.31. The van der Waals surface area contributed by atoms with E-state index in [4.69, 9.17) is 8.83 Å². The maximum absolute atomic E-state index is 12.2. The molecule has 122 valence electrons. The topological polar surface area (TPSA) is 67.7 Å². The van der Waals surface area contributed by atoms with E-state index < -0.39 is 0 Å². The Balaban J connectivity index is 1.45. The van der Waals surface area contributed by atoms with Crippen LogP contribution in [0, 0.1) is 12.8 Å². The Kier molecular flexibility index (Phi) is 3.49. The number of carbonyl (C=O) groups excluding carboxylic acids is 1. The normalized spacial score (nSPS) is 19.9. The summed E-state index contributed by atoms with van der Waals surface area (Å²) < 4.78 is 11.3. The van der Waals surface area contributed by atoms with E-state index in [2.05, 4.69) is 17.5 Å². The number of amides is 1. The smallest absolute Gasteiger partial charge is 0.307 e. The predicted octanol–water partition coefficient (Wildman–Crippen LogP) is 4.22. The van der Waals surface area contributed by atoms with E-state index in [0.717, 1.165) is 16.7 Å². The van der Waals surface area contributed by atoms with Crippen molar-refractivity contribution in [1.29, 1.82) is 0 Å². The van der Waals surface area contributed by atoms with Crippen molar-refractivity contribution in [2.45, 2.75) is 26.2 Å². The summed E-state index contributed by atoms with van der Waals surface area (Å²) in [5, 5.41) is 4.89. The standard InChI is InChI=1S/C19H18N2O3/c1-11-9-15(11)17-8-7-13(23-17)10-20-21-19(22)18-12(2)14-5-3-4-6-16(14)24-18/h3-8,10-11,15H,9H2,1-2H3,(H,21,22)/b20-10-/t11-,15-/m0/s1. The molecular formula is C19H18N2O3. The average Bonchev–Trinajstić information content (AvgIpc) is 2.99. The molecule has 0 spiro atoms. The van der Waals surface area contributed by atoms with Gasteiger partial charge in [-0.1, -0.05) is 25.1 Å². The molecule has 1 amide bonds. The van der Waals surface area contributed by atoms with E-state index in [0.29, 0.717) is 23.2 Å². The summed E-state index contributed by atoms with van der Waals surface area (Å²) in [4.78, 5) is 12.2. The summed E-state index contributed by atoms with van der Waals surface area (Å²) in [5.41, 5.74) is 3.99. The molecule has 2 atom stereocenters. The molecule has 1 saturated carbocycles. The summed E-state index contributed by atoms with van der Waals surface area (Å²) in [6.45, 7) is 4.07. The largest absolute Gasteiger partial charge is 0.460 e. The number of fused-ring (bicyclic) bond motifs is 1. The first kappa shape index (κ1) is 14.8. The summed E-state index contributed by atoms with van der Waals surface area (Å²) in [6, 6.07) is 11.4. The van der Waals surface area contributed by atoms with Gasteiger partial charge >= 0.3 is 5.91 Å². The highest BCUT2D eigenvalue weighted by Crippen LogP contribution is 2.47. The van der Waals surface area contributed by atoms with Crippen LogP contribution in [0.25, 0.3) is 11.0 Å². The number of hydrogen-bond acceptors (Lipinski definition) is 4. The minimum absolute atomic E-state index is 0.278. The van der Waals surface area contributed by atoms with Crippen LogP contribution in [0.5, 0.6) is 0 Å². The Morgan fingerprint density at radius 3 is 2.79 bits per heavy atom. The molecule has 3 aromatic rings. The van der Waals surface area contributed by atoms with Crippen LogP contribution in [0.4, 0.5) is 0 Å². The van der Waals surface area contributed by atoms with E-state index in [1.54, 1.807) is 0 Å². The number of furan rings is 2. The fourth-order valence-corrected chi connectivity index (χ4v) is 2.95. The minimum Gasteiger partial charge on any atom is -0.460 e. The molecule has 2 heterocycles. The zero-order valence-electron chi connectivity index (χ0n) is 13.6. The van der Waals surface area contributed by atoms with Crippen LogP contribution in [-0.2, 0) is 0 Å². The molecule has 0 bridgehead atoms. The zero-order chi connectivity index (χ0) is 16.7. The first-order valence-electron chi connectivity index (χ1n) is 8.04. The van der Waals surface area contributed by atoms with Crippen molar-refractivity contribution in [2.24, 2.45) is 11.0 Å². The van der Waals surface area contributed by atoms with Gasteiger partial charge in [0, 0.05) is 16.9 Å². The first-order chi connectivity index (χ1) is 11.6. The van der Waals surface area contributed by atoms with E-state index in [-0.39, 0.29) is 11.7 Å². The van der Waals surface area contributed by atoms with Crippen molar-refractivity contribution in [1.82, 2.24) is 5.43 Å². The Morgan fingerprint density at radius 2 is 2.04 bits per heavy atom. The van der Waals surface area contributed by atoms with E-state index in [1.807, 2.05) is 43.3 Å². The molecule has 24 heavy (non-hydrogen) atoms. The maximum Gasteiger partial charge on any atom is 0.307 e. The third-order valence-corrected chi connectivity index (χ3v) is 4.53. The predicted molar refractivity (Wildman–Crippen MR) is 91.2 cm³/mol. The number of aryl methyl sites for hydroxylation is 1. The SMILES string of the molecule is Cc1c(C(=O)N/N=C\c2ccc([C@H]3C[C@@H]3C)o2)oc2ccccc12. The van der Waals surface area contributed by atoms with Crippen LogP contribution < -0.4 is 5.43 Å². The zero-order valence-corrected chi connectivity index (χ0v) is 13.6. The second-order valence-corrected chi connectivity index (χ2v) is 6.31. The molecule has 5 nitrogen and oxygen atoms in total. The van der Waals surface area contributed by atoms with Gasteiger partial charge in [0.25, 0.3) is 0 Å². The van der Waals surface area contributed by atoms with E-state index >= 15 is 0 Å². The van der Waals surface area contributed by atoms with Gasteiger partial charge in [-0.25, -0.2) is 5.43 Å². The van der Waals surface area contributed by atoms with Crippen LogP contribution in [0.3, 0.4) is 0 Å². The van der Waals surface area contributed by atoms with Crippen LogP contribution in [0.15, 0.2) is 50.3 Å². The number of nitrogens with zero attached hydrogens (tertiary/aromatic N) is 1. The quantitative estimate of drug-likeness (QED) is 0.577. The molecular weight excluding hydrogens is 304 g/mol. The molecule has 1 aliphatic carbocycles.